The largest absolute Gasteiger partial charge is 0.493 e. The monoisotopic (exact) mass is 412 g/mol. The molecule has 3 atom stereocenters. The highest BCUT2D eigenvalue weighted by atomic mass is 16.5. The first-order valence-corrected chi connectivity index (χ1v) is 10.7. The summed E-state index contributed by atoms with van der Waals surface area (Å²) in [5, 5.41) is 11.6. The molecule has 0 amide bonds. The van der Waals surface area contributed by atoms with E-state index in [1.807, 2.05) is 31.2 Å². The third-order valence-corrected chi connectivity index (χ3v) is 6.63. The average Bonchev–Trinajstić information content (AvgIpc) is 3.29. The number of ether oxygens (including phenoxy) is 3. The van der Waals surface area contributed by atoms with Crippen LogP contribution in [0.1, 0.15) is 29.7 Å². The van der Waals surface area contributed by atoms with Crippen LogP contribution in [0.15, 0.2) is 36.5 Å². The van der Waals surface area contributed by atoms with Crippen LogP contribution in [-0.4, -0.2) is 55.5 Å². The highest BCUT2D eigenvalue weighted by Gasteiger charge is 2.53. The summed E-state index contributed by atoms with van der Waals surface area (Å²) >= 11 is 0. The van der Waals surface area contributed by atoms with Crippen molar-refractivity contribution in [2.75, 3.05) is 40.5 Å². The first kappa shape index (κ1) is 21.1. The number of methoxy groups -OCH3 is 2. The number of aliphatic hydroxyl groups is 1. The number of rotatable bonds is 8. The van der Waals surface area contributed by atoms with Gasteiger partial charge in [0.25, 0.3) is 0 Å². The van der Waals surface area contributed by atoms with E-state index in [0.29, 0.717) is 19.1 Å². The number of pyridine rings is 1. The smallest absolute Gasteiger partial charge is 0.161 e. The first-order valence-electron chi connectivity index (χ1n) is 10.7. The van der Waals surface area contributed by atoms with E-state index in [4.69, 9.17) is 14.2 Å². The third kappa shape index (κ3) is 4.04. The lowest BCUT2D eigenvalue weighted by Gasteiger charge is -2.31. The summed E-state index contributed by atoms with van der Waals surface area (Å²) in [6.07, 6.45) is 3.64. The summed E-state index contributed by atoms with van der Waals surface area (Å²) in [6.45, 7) is 5.80. The first-order chi connectivity index (χ1) is 14.5. The number of hydrogen-bond donors (Lipinski definition) is 1. The molecule has 0 unspecified atom stereocenters. The molecule has 0 radical (unpaired) electrons. The van der Waals surface area contributed by atoms with Crippen molar-refractivity contribution >= 4 is 0 Å². The highest BCUT2D eigenvalue weighted by Crippen LogP contribution is 2.50. The van der Waals surface area contributed by atoms with Crippen LogP contribution in [0.3, 0.4) is 0 Å². The Kier molecular flexibility index (Phi) is 6.27. The molecule has 30 heavy (non-hydrogen) atoms. The molecule has 1 saturated heterocycles. The highest BCUT2D eigenvalue weighted by molar-refractivity contribution is 5.43. The molecule has 0 bridgehead atoms. The van der Waals surface area contributed by atoms with Gasteiger partial charge in [-0.2, -0.15) is 0 Å². The maximum Gasteiger partial charge on any atom is 0.161 e. The van der Waals surface area contributed by atoms with Gasteiger partial charge < -0.3 is 19.3 Å². The molecule has 4 rings (SSSR count). The molecule has 0 spiro atoms. The van der Waals surface area contributed by atoms with Gasteiger partial charge >= 0.3 is 0 Å². The van der Waals surface area contributed by atoms with Gasteiger partial charge in [-0.3, -0.25) is 9.88 Å². The fourth-order valence-electron chi connectivity index (χ4n) is 5.17. The topological polar surface area (TPSA) is 64.1 Å². The lowest BCUT2D eigenvalue weighted by atomic mass is 9.83. The third-order valence-electron chi connectivity index (χ3n) is 6.63. The minimum absolute atomic E-state index is 0.227. The van der Waals surface area contributed by atoms with Gasteiger partial charge in [0, 0.05) is 38.9 Å². The van der Waals surface area contributed by atoms with Gasteiger partial charge in [-0.25, -0.2) is 0 Å². The van der Waals surface area contributed by atoms with Crippen molar-refractivity contribution in [2.24, 2.45) is 11.8 Å². The van der Waals surface area contributed by atoms with Crippen molar-refractivity contribution in [2.45, 2.75) is 31.9 Å². The number of aryl methyl sites for hydroxylation is 1. The molecule has 1 aromatic heterocycles. The van der Waals surface area contributed by atoms with E-state index in [1.54, 1.807) is 20.4 Å². The predicted octanol–water partition coefficient (Wildman–Crippen LogP) is 3.15. The molecule has 6 nitrogen and oxygen atoms in total. The van der Waals surface area contributed by atoms with Crippen LogP contribution in [-0.2, 0) is 16.9 Å². The van der Waals surface area contributed by atoms with Crippen LogP contribution in [0.4, 0.5) is 0 Å². The van der Waals surface area contributed by atoms with E-state index < -0.39 is 5.60 Å². The lowest BCUT2D eigenvalue weighted by Crippen LogP contribution is -2.36. The summed E-state index contributed by atoms with van der Waals surface area (Å²) in [6, 6.07) is 10.1. The van der Waals surface area contributed by atoms with Gasteiger partial charge in [0.15, 0.2) is 11.5 Å². The van der Waals surface area contributed by atoms with Crippen LogP contribution in [0.25, 0.3) is 0 Å². The maximum absolute atomic E-state index is 11.6. The molecule has 162 valence electrons. The van der Waals surface area contributed by atoms with Crippen LogP contribution < -0.4 is 9.47 Å². The zero-order valence-corrected chi connectivity index (χ0v) is 18.1. The van der Waals surface area contributed by atoms with Gasteiger partial charge in [-0.15, -0.1) is 0 Å². The standard InChI is InChI=1S/C24H32N2O4/c1-17-5-4-10-25-23(17)24(27)9-8-19-15-26(16-20(19)24)14-18-6-7-21(22(13-18)29-3)30-12-11-28-2/h4-7,10,13,19-20,27H,8-9,11-12,14-16H2,1-3H3/t19-,20+,24-/m1/s1. The number of benzene rings is 1. The van der Waals surface area contributed by atoms with Gasteiger partial charge in [-0.05, 0) is 55.0 Å². The quantitative estimate of drug-likeness (QED) is 0.672. The second-order valence-corrected chi connectivity index (χ2v) is 8.52. The number of fused-ring (bicyclic) bond motifs is 1. The number of aromatic nitrogens is 1. The molecule has 1 aliphatic carbocycles. The van der Waals surface area contributed by atoms with E-state index in [9.17, 15) is 5.11 Å². The molecule has 1 aromatic carbocycles. The van der Waals surface area contributed by atoms with Gasteiger partial charge in [0.2, 0.25) is 0 Å². The molecule has 1 saturated carbocycles. The van der Waals surface area contributed by atoms with Crippen molar-refractivity contribution in [3.8, 4) is 11.5 Å². The van der Waals surface area contributed by atoms with E-state index in [2.05, 4.69) is 16.0 Å². The molecule has 2 aromatic rings. The van der Waals surface area contributed by atoms with E-state index in [1.165, 1.54) is 5.56 Å². The molecule has 2 fully saturated rings. The van der Waals surface area contributed by atoms with E-state index in [0.717, 1.165) is 55.2 Å². The van der Waals surface area contributed by atoms with Crippen LogP contribution in [0.5, 0.6) is 11.5 Å². The zero-order chi connectivity index (χ0) is 21.1. The minimum atomic E-state index is -0.818. The summed E-state index contributed by atoms with van der Waals surface area (Å²) < 4.78 is 16.3. The summed E-state index contributed by atoms with van der Waals surface area (Å²) in [7, 11) is 3.32. The van der Waals surface area contributed by atoms with Gasteiger partial charge in [0.1, 0.15) is 12.2 Å². The number of likely N-dealkylation sites (tertiary alicyclic amines) is 1. The Balaban J connectivity index is 1.45. The predicted molar refractivity (Wildman–Crippen MR) is 115 cm³/mol. The van der Waals surface area contributed by atoms with Crippen LogP contribution in [0.2, 0.25) is 0 Å². The molecule has 2 aliphatic rings. The fraction of sp³-hybridized carbons (Fsp3) is 0.542. The Labute approximate surface area is 178 Å². The average molecular weight is 413 g/mol. The Morgan fingerprint density at radius 2 is 2.03 bits per heavy atom. The van der Waals surface area contributed by atoms with Crippen molar-refractivity contribution in [1.82, 2.24) is 9.88 Å². The Morgan fingerprint density at radius 1 is 1.17 bits per heavy atom. The van der Waals surface area contributed by atoms with Gasteiger partial charge in [-0.1, -0.05) is 12.1 Å². The van der Waals surface area contributed by atoms with Crippen molar-refractivity contribution in [3.05, 3.63) is 53.3 Å². The summed E-state index contributed by atoms with van der Waals surface area (Å²) in [4.78, 5) is 7.00. The maximum atomic E-state index is 11.6. The van der Waals surface area contributed by atoms with Crippen molar-refractivity contribution in [3.63, 3.8) is 0 Å². The van der Waals surface area contributed by atoms with Crippen LogP contribution in [0, 0.1) is 18.8 Å². The number of hydrogen-bond acceptors (Lipinski definition) is 6. The molecular weight excluding hydrogens is 380 g/mol. The van der Waals surface area contributed by atoms with E-state index in [-0.39, 0.29) is 5.92 Å². The van der Waals surface area contributed by atoms with Crippen molar-refractivity contribution in [1.29, 1.82) is 0 Å². The second kappa shape index (κ2) is 8.92. The fourth-order valence-corrected chi connectivity index (χ4v) is 5.17. The zero-order valence-electron chi connectivity index (χ0n) is 18.1. The molecule has 6 heteroatoms. The Bertz CT molecular complexity index is 874. The minimum Gasteiger partial charge on any atom is -0.493 e. The van der Waals surface area contributed by atoms with Gasteiger partial charge in [0.05, 0.1) is 19.4 Å². The van der Waals surface area contributed by atoms with Crippen molar-refractivity contribution < 1.29 is 19.3 Å². The molecule has 1 aliphatic heterocycles. The SMILES string of the molecule is COCCOc1ccc(CN2C[C@H]3CC[C@](O)(c4ncccc4C)[C@H]3C2)cc1OC. The summed E-state index contributed by atoms with van der Waals surface area (Å²) in [5.41, 5.74) is 2.30. The molecule has 1 N–H and O–H groups in total. The van der Waals surface area contributed by atoms with Crippen LogP contribution >= 0.6 is 0 Å². The second-order valence-electron chi connectivity index (χ2n) is 8.52. The summed E-state index contributed by atoms with van der Waals surface area (Å²) in [5.74, 6) is 2.21. The Morgan fingerprint density at radius 3 is 2.80 bits per heavy atom. The Hall–Kier alpha value is -2.15. The molecule has 2 heterocycles. The molecular formula is C24H32N2O4. The van der Waals surface area contributed by atoms with E-state index >= 15 is 0 Å². The normalized spacial score (nSPS) is 26.0. The number of nitrogens with zero attached hydrogens (tertiary/aromatic N) is 2. The lowest BCUT2D eigenvalue weighted by molar-refractivity contribution is -0.0114.